The highest BCUT2D eigenvalue weighted by Gasteiger charge is 2.28. The Morgan fingerprint density at radius 1 is 0.667 bits per heavy atom. The molecule has 0 bridgehead atoms. The molecule has 11 nitrogen and oxygen atoms in total. The van der Waals surface area contributed by atoms with Crippen molar-refractivity contribution in [1.82, 2.24) is 0 Å². The lowest BCUT2D eigenvalue weighted by Crippen LogP contribution is -2.45. The Morgan fingerprint density at radius 3 is 1.26 bits per heavy atom. The van der Waals surface area contributed by atoms with E-state index in [9.17, 15) is 40.2 Å². The number of aliphatic hydroxyl groups is 6. The lowest BCUT2D eigenvalue weighted by molar-refractivity contribution is -0.151. The minimum atomic E-state index is -1.71. The summed E-state index contributed by atoms with van der Waals surface area (Å²) in [5, 5.41) is 57.9. The Kier molecular flexibility index (Phi) is 12.4. The highest BCUT2D eigenvalue weighted by molar-refractivity contribution is 5.81. The molecule has 0 rings (SSSR count). The van der Waals surface area contributed by atoms with E-state index in [0.29, 0.717) is 0 Å². The first-order chi connectivity index (χ1) is 12.6. The third kappa shape index (κ3) is 10.2. The molecule has 6 N–H and O–H groups in total. The van der Waals surface area contributed by atoms with E-state index in [4.69, 9.17) is 4.74 Å². The molecule has 0 saturated carbocycles. The fourth-order valence-electron chi connectivity index (χ4n) is 1.67. The predicted molar refractivity (Wildman–Crippen MR) is 89.2 cm³/mol. The van der Waals surface area contributed by atoms with E-state index in [2.05, 4.69) is 22.6 Å². The number of carbonyl (C=O) groups is 2. The van der Waals surface area contributed by atoms with E-state index in [1.807, 2.05) is 0 Å². The van der Waals surface area contributed by atoms with E-state index < -0.39 is 75.0 Å². The van der Waals surface area contributed by atoms with Gasteiger partial charge in [-0.2, -0.15) is 0 Å². The Balaban J connectivity index is 4.20. The van der Waals surface area contributed by atoms with Gasteiger partial charge in [-0.3, -0.25) is 0 Å². The average Bonchev–Trinajstić information content (AvgIpc) is 2.67. The molecule has 6 atom stereocenters. The minimum absolute atomic E-state index is 0.543. The predicted octanol–water partition coefficient (Wildman–Crippen LogP) is -3.37. The summed E-state index contributed by atoms with van der Waals surface area (Å²) in [6.45, 7) is 4.04. The van der Waals surface area contributed by atoms with Gasteiger partial charge in [-0.1, -0.05) is 13.2 Å². The van der Waals surface area contributed by atoms with Crippen LogP contribution in [-0.2, 0) is 23.8 Å². The molecule has 27 heavy (non-hydrogen) atoms. The third-order valence-corrected chi connectivity index (χ3v) is 3.28. The van der Waals surface area contributed by atoms with Crippen LogP contribution in [0.3, 0.4) is 0 Å². The summed E-state index contributed by atoms with van der Waals surface area (Å²) in [4.78, 5) is 21.7. The second-order valence-corrected chi connectivity index (χ2v) is 5.46. The molecule has 0 aliphatic rings. The standard InChI is InChI=1S/C16H26O11/c1-3-13(21)26-7-11(19)15(23)9(17)5-25-6-10(18)16(24)12(20)8-27-14(22)4-2/h3-4,9-12,15-20,23-24H,1-2,5-8H2. The van der Waals surface area contributed by atoms with E-state index in [1.165, 1.54) is 0 Å². The fraction of sp³-hybridized carbons (Fsp3) is 0.625. The fourth-order valence-corrected chi connectivity index (χ4v) is 1.67. The van der Waals surface area contributed by atoms with Crippen molar-refractivity contribution in [2.24, 2.45) is 0 Å². The van der Waals surface area contributed by atoms with Gasteiger partial charge < -0.3 is 44.8 Å². The minimum Gasteiger partial charge on any atom is -0.460 e. The SMILES string of the molecule is C=CC(=O)OCC(O)C(O)C(O)COCC(O)C(O)C(O)COC(=O)C=C. The second kappa shape index (κ2) is 13.3. The van der Waals surface area contributed by atoms with E-state index >= 15 is 0 Å². The van der Waals surface area contributed by atoms with Gasteiger partial charge in [0.15, 0.2) is 0 Å². The van der Waals surface area contributed by atoms with Crippen molar-refractivity contribution in [3.05, 3.63) is 25.3 Å². The van der Waals surface area contributed by atoms with Crippen LogP contribution in [0.1, 0.15) is 0 Å². The molecule has 0 aromatic heterocycles. The van der Waals surface area contributed by atoms with Gasteiger partial charge in [-0.15, -0.1) is 0 Å². The molecule has 156 valence electrons. The zero-order chi connectivity index (χ0) is 21.0. The topological polar surface area (TPSA) is 183 Å². The van der Waals surface area contributed by atoms with Crippen molar-refractivity contribution < 1.29 is 54.4 Å². The van der Waals surface area contributed by atoms with Gasteiger partial charge >= 0.3 is 11.9 Å². The molecule has 11 heteroatoms. The lowest BCUT2D eigenvalue weighted by atomic mass is 10.1. The summed E-state index contributed by atoms with van der Waals surface area (Å²) in [5.74, 6) is -1.64. The molecular weight excluding hydrogens is 368 g/mol. The highest BCUT2D eigenvalue weighted by atomic mass is 16.6. The number of carbonyl (C=O) groups excluding carboxylic acids is 2. The van der Waals surface area contributed by atoms with Crippen LogP contribution < -0.4 is 0 Å². The van der Waals surface area contributed by atoms with Gasteiger partial charge in [-0.05, 0) is 0 Å². The van der Waals surface area contributed by atoms with E-state index in [-0.39, 0.29) is 0 Å². The summed E-state index contributed by atoms with van der Waals surface area (Å²) in [6, 6.07) is 0. The highest BCUT2D eigenvalue weighted by Crippen LogP contribution is 2.06. The zero-order valence-corrected chi connectivity index (χ0v) is 14.6. The summed E-state index contributed by atoms with van der Waals surface area (Å²) >= 11 is 0. The molecule has 0 spiro atoms. The second-order valence-electron chi connectivity index (χ2n) is 5.46. The van der Waals surface area contributed by atoms with Crippen LogP contribution >= 0.6 is 0 Å². The van der Waals surface area contributed by atoms with Gasteiger partial charge in [0.1, 0.15) is 49.8 Å². The Morgan fingerprint density at radius 2 is 0.963 bits per heavy atom. The molecule has 0 aliphatic heterocycles. The Hall–Kier alpha value is -1.86. The van der Waals surface area contributed by atoms with Crippen molar-refractivity contribution in [2.45, 2.75) is 36.6 Å². The van der Waals surface area contributed by atoms with Gasteiger partial charge in [0.2, 0.25) is 0 Å². The van der Waals surface area contributed by atoms with Gasteiger partial charge in [0.25, 0.3) is 0 Å². The lowest BCUT2D eigenvalue weighted by Gasteiger charge is -2.25. The van der Waals surface area contributed by atoms with Crippen molar-refractivity contribution in [2.75, 3.05) is 26.4 Å². The van der Waals surface area contributed by atoms with Crippen molar-refractivity contribution in [3.8, 4) is 0 Å². The van der Waals surface area contributed by atoms with Crippen LogP contribution in [-0.4, -0.2) is 106 Å². The molecule has 6 unspecified atom stereocenters. The first kappa shape index (κ1) is 25.1. The van der Waals surface area contributed by atoms with Crippen LogP contribution in [0.2, 0.25) is 0 Å². The number of hydrogen-bond donors (Lipinski definition) is 6. The van der Waals surface area contributed by atoms with Gasteiger partial charge in [-0.25, -0.2) is 9.59 Å². The molecule has 0 aliphatic carbocycles. The maximum absolute atomic E-state index is 10.9. The number of esters is 2. The number of rotatable bonds is 14. The summed E-state index contributed by atoms with van der Waals surface area (Å²) in [6.07, 6.45) is -8.08. The molecular formula is C16H26O11. The van der Waals surface area contributed by atoms with E-state index in [1.54, 1.807) is 0 Å². The average molecular weight is 394 g/mol. The van der Waals surface area contributed by atoms with Crippen LogP contribution in [0.15, 0.2) is 25.3 Å². The van der Waals surface area contributed by atoms with Crippen LogP contribution in [0.4, 0.5) is 0 Å². The van der Waals surface area contributed by atoms with Gasteiger partial charge in [0.05, 0.1) is 13.2 Å². The van der Waals surface area contributed by atoms with Crippen molar-refractivity contribution in [1.29, 1.82) is 0 Å². The van der Waals surface area contributed by atoms with Crippen LogP contribution in [0.25, 0.3) is 0 Å². The van der Waals surface area contributed by atoms with E-state index in [0.717, 1.165) is 12.2 Å². The Labute approximate surface area is 155 Å². The molecule has 0 aromatic carbocycles. The number of hydrogen-bond acceptors (Lipinski definition) is 11. The first-order valence-electron chi connectivity index (χ1n) is 7.88. The molecule has 0 aromatic rings. The summed E-state index contributed by atoms with van der Waals surface area (Å²) in [5.41, 5.74) is 0. The van der Waals surface area contributed by atoms with Crippen molar-refractivity contribution >= 4 is 11.9 Å². The maximum atomic E-state index is 10.9. The summed E-state index contributed by atoms with van der Waals surface area (Å²) < 4.78 is 13.9. The summed E-state index contributed by atoms with van der Waals surface area (Å²) in [7, 11) is 0. The smallest absolute Gasteiger partial charge is 0.330 e. The monoisotopic (exact) mass is 394 g/mol. The Bertz CT molecular complexity index is 439. The normalized spacial score (nSPS) is 17.7. The van der Waals surface area contributed by atoms with Crippen molar-refractivity contribution in [3.63, 3.8) is 0 Å². The first-order valence-corrected chi connectivity index (χ1v) is 7.88. The van der Waals surface area contributed by atoms with Gasteiger partial charge in [0, 0.05) is 12.2 Å². The molecule has 0 heterocycles. The third-order valence-electron chi connectivity index (χ3n) is 3.28. The molecule has 0 radical (unpaired) electrons. The van der Waals surface area contributed by atoms with Crippen LogP contribution in [0.5, 0.6) is 0 Å². The maximum Gasteiger partial charge on any atom is 0.330 e. The number of ether oxygens (including phenoxy) is 3. The molecule has 0 fully saturated rings. The molecule has 0 amide bonds. The quantitative estimate of drug-likeness (QED) is 0.128. The molecule has 0 saturated heterocycles. The largest absolute Gasteiger partial charge is 0.460 e. The number of aliphatic hydroxyl groups excluding tert-OH is 6. The zero-order valence-electron chi connectivity index (χ0n) is 14.6. The van der Waals surface area contributed by atoms with Crippen LogP contribution in [0, 0.1) is 0 Å².